The number of rotatable bonds is 11. The summed E-state index contributed by atoms with van der Waals surface area (Å²) in [6.45, 7) is 1.97. The summed E-state index contributed by atoms with van der Waals surface area (Å²) in [5.41, 5.74) is 1.44. The largest absolute Gasteiger partial charge is 0.466 e. The van der Waals surface area contributed by atoms with Gasteiger partial charge in [0, 0.05) is 19.5 Å². The number of hydrogen-bond donors (Lipinski definition) is 1. The van der Waals surface area contributed by atoms with Crippen LogP contribution < -0.4 is 5.32 Å². The molecule has 0 saturated heterocycles. The predicted molar refractivity (Wildman–Crippen MR) is 121 cm³/mol. The molecule has 2 aromatic rings. The number of amides is 3. The number of nitrogens with one attached hydrogen (secondary N) is 1. The highest BCUT2D eigenvalue weighted by Crippen LogP contribution is 2.24. The van der Waals surface area contributed by atoms with Crippen molar-refractivity contribution in [3.8, 4) is 0 Å². The van der Waals surface area contributed by atoms with E-state index in [-0.39, 0.29) is 42.2 Å². The van der Waals surface area contributed by atoms with Crippen LogP contribution in [0.5, 0.6) is 0 Å². The Morgan fingerprint density at radius 2 is 1.68 bits per heavy atom. The Labute approximate surface area is 197 Å². The van der Waals surface area contributed by atoms with Gasteiger partial charge in [-0.25, -0.2) is 4.79 Å². The van der Waals surface area contributed by atoms with Gasteiger partial charge in [0.25, 0.3) is 17.7 Å². The number of carbonyl (C=O) groups is 5. The minimum atomic E-state index is -0.785. The molecule has 0 unspecified atom stereocenters. The van der Waals surface area contributed by atoms with E-state index in [1.165, 1.54) is 18.2 Å². The Hall–Kier alpha value is -4.01. The van der Waals surface area contributed by atoms with Crippen LogP contribution in [0.3, 0.4) is 0 Å². The Bertz CT molecular complexity index is 1080. The zero-order chi connectivity index (χ0) is 24.5. The van der Waals surface area contributed by atoms with E-state index in [0.29, 0.717) is 19.4 Å². The second kappa shape index (κ2) is 11.7. The molecule has 0 radical (unpaired) electrons. The highest BCUT2D eigenvalue weighted by atomic mass is 16.5. The maximum Gasteiger partial charge on any atom is 0.338 e. The fourth-order valence-corrected chi connectivity index (χ4v) is 3.47. The Kier molecular flexibility index (Phi) is 8.50. The lowest BCUT2D eigenvalue weighted by Crippen LogP contribution is -2.31. The van der Waals surface area contributed by atoms with Gasteiger partial charge >= 0.3 is 11.9 Å². The smallest absolute Gasteiger partial charge is 0.338 e. The van der Waals surface area contributed by atoms with Crippen molar-refractivity contribution in [3.63, 3.8) is 0 Å². The highest BCUT2D eigenvalue weighted by Gasteiger charge is 2.35. The quantitative estimate of drug-likeness (QED) is 0.306. The van der Waals surface area contributed by atoms with E-state index in [1.54, 1.807) is 6.92 Å². The molecule has 9 nitrogen and oxygen atoms in total. The molecule has 3 rings (SSSR count). The summed E-state index contributed by atoms with van der Waals surface area (Å²) in [7, 11) is 0. The maximum absolute atomic E-state index is 12.8. The zero-order valence-electron chi connectivity index (χ0n) is 18.9. The summed E-state index contributed by atoms with van der Waals surface area (Å²) in [5, 5.41) is 2.55. The van der Waals surface area contributed by atoms with Gasteiger partial charge in [-0.1, -0.05) is 30.3 Å². The molecule has 1 aliphatic heterocycles. The minimum Gasteiger partial charge on any atom is -0.466 e. The summed E-state index contributed by atoms with van der Waals surface area (Å²) in [5.74, 6) is -2.52. The molecule has 9 heteroatoms. The van der Waals surface area contributed by atoms with Crippen molar-refractivity contribution in [1.82, 2.24) is 10.2 Å². The molecule has 0 aliphatic carbocycles. The Morgan fingerprint density at radius 3 is 2.41 bits per heavy atom. The molecule has 34 heavy (non-hydrogen) atoms. The standard InChI is InChI=1S/C25H26N2O7/c1-2-33-22(29)9-6-13-26-21(28)16-34-25(32)18-10-11-19-20(15-18)24(31)27(23(19)30)14-12-17-7-4-3-5-8-17/h3-5,7-8,10-11,15H,2,6,9,12-14,16H2,1H3,(H,26,28). The first-order valence-electron chi connectivity index (χ1n) is 11.0. The number of nitrogens with zero attached hydrogens (tertiary/aromatic N) is 1. The van der Waals surface area contributed by atoms with Gasteiger partial charge in [0.2, 0.25) is 0 Å². The van der Waals surface area contributed by atoms with Gasteiger partial charge in [-0.15, -0.1) is 0 Å². The first-order chi connectivity index (χ1) is 16.4. The third kappa shape index (κ3) is 6.28. The fraction of sp³-hybridized carbons (Fsp3) is 0.320. The van der Waals surface area contributed by atoms with Gasteiger partial charge in [-0.3, -0.25) is 24.1 Å². The predicted octanol–water partition coefficient (Wildman–Crippen LogP) is 2.14. The summed E-state index contributed by atoms with van der Waals surface area (Å²) >= 11 is 0. The van der Waals surface area contributed by atoms with E-state index in [0.717, 1.165) is 10.5 Å². The van der Waals surface area contributed by atoms with Crippen LogP contribution in [0.4, 0.5) is 0 Å². The molecule has 2 aromatic carbocycles. The number of benzene rings is 2. The summed E-state index contributed by atoms with van der Waals surface area (Å²) < 4.78 is 9.80. The van der Waals surface area contributed by atoms with Crippen LogP contribution in [0.1, 0.15) is 56.4 Å². The number of esters is 2. The molecule has 0 spiro atoms. The minimum absolute atomic E-state index is 0.0694. The van der Waals surface area contributed by atoms with Gasteiger partial charge < -0.3 is 14.8 Å². The number of carbonyl (C=O) groups excluding carboxylic acids is 5. The molecule has 0 aromatic heterocycles. The molecule has 0 bridgehead atoms. The van der Waals surface area contributed by atoms with Crippen LogP contribution in [0.2, 0.25) is 0 Å². The van der Waals surface area contributed by atoms with Gasteiger partial charge in [-0.05, 0) is 43.5 Å². The van der Waals surface area contributed by atoms with Crippen molar-refractivity contribution in [2.75, 3.05) is 26.3 Å². The summed E-state index contributed by atoms with van der Waals surface area (Å²) in [4.78, 5) is 62.0. The topological polar surface area (TPSA) is 119 Å². The molecular formula is C25H26N2O7. The van der Waals surface area contributed by atoms with Crippen LogP contribution >= 0.6 is 0 Å². The van der Waals surface area contributed by atoms with E-state index >= 15 is 0 Å². The summed E-state index contributed by atoms with van der Waals surface area (Å²) in [6.07, 6.45) is 1.11. The third-order valence-electron chi connectivity index (χ3n) is 5.19. The van der Waals surface area contributed by atoms with Crippen molar-refractivity contribution >= 4 is 29.7 Å². The van der Waals surface area contributed by atoms with Crippen molar-refractivity contribution in [3.05, 3.63) is 70.8 Å². The first-order valence-corrected chi connectivity index (χ1v) is 11.0. The van der Waals surface area contributed by atoms with Gasteiger partial charge in [0.15, 0.2) is 6.61 Å². The molecule has 1 aliphatic rings. The van der Waals surface area contributed by atoms with Gasteiger partial charge in [0.05, 0.1) is 23.3 Å². The number of fused-ring (bicyclic) bond motifs is 1. The first kappa shape index (κ1) is 24.6. The fourth-order valence-electron chi connectivity index (χ4n) is 3.47. The molecule has 178 valence electrons. The molecular weight excluding hydrogens is 440 g/mol. The van der Waals surface area contributed by atoms with E-state index in [1.807, 2.05) is 30.3 Å². The van der Waals surface area contributed by atoms with Crippen LogP contribution in [0.15, 0.2) is 48.5 Å². The van der Waals surface area contributed by atoms with Crippen molar-refractivity contribution < 1.29 is 33.4 Å². The monoisotopic (exact) mass is 466 g/mol. The van der Waals surface area contributed by atoms with Gasteiger partial charge in [-0.2, -0.15) is 0 Å². The number of hydrogen-bond acceptors (Lipinski definition) is 7. The molecule has 3 amide bonds. The SMILES string of the molecule is CCOC(=O)CCCNC(=O)COC(=O)c1ccc2c(c1)C(=O)N(CCc1ccccc1)C2=O. The van der Waals surface area contributed by atoms with Crippen LogP contribution in [0, 0.1) is 0 Å². The summed E-state index contributed by atoms with van der Waals surface area (Å²) in [6, 6.07) is 13.6. The number of imide groups is 1. The second-order valence-electron chi connectivity index (χ2n) is 7.59. The highest BCUT2D eigenvalue weighted by molar-refractivity contribution is 6.22. The van der Waals surface area contributed by atoms with Crippen molar-refractivity contribution in [2.45, 2.75) is 26.2 Å². The normalized spacial score (nSPS) is 12.3. The third-order valence-corrected chi connectivity index (χ3v) is 5.19. The molecule has 0 atom stereocenters. The van der Waals surface area contributed by atoms with Crippen LogP contribution in [-0.4, -0.2) is 60.9 Å². The molecule has 1 N–H and O–H groups in total. The van der Waals surface area contributed by atoms with E-state index in [2.05, 4.69) is 5.32 Å². The van der Waals surface area contributed by atoms with Crippen molar-refractivity contribution in [2.24, 2.45) is 0 Å². The second-order valence-corrected chi connectivity index (χ2v) is 7.59. The zero-order valence-corrected chi connectivity index (χ0v) is 18.9. The Balaban J connectivity index is 1.50. The van der Waals surface area contributed by atoms with Crippen LogP contribution in [-0.2, 0) is 25.5 Å². The lowest BCUT2D eigenvalue weighted by molar-refractivity contribution is -0.143. The average Bonchev–Trinajstić information content (AvgIpc) is 3.08. The van der Waals surface area contributed by atoms with Crippen molar-refractivity contribution in [1.29, 1.82) is 0 Å². The van der Waals surface area contributed by atoms with E-state index in [9.17, 15) is 24.0 Å². The van der Waals surface area contributed by atoms with E-state index in [4.69, 9.17) is 9.47 Å². The number of ether oxygens (including phenoxy) is 2. The molecule has 1 heterocycles. The average molecular weight is 466 g/mol. The Morgan fingerprint density at radius 1 is 0.941 bits per heavy atom. The lowest BCUT2D eigenvalue weighted by Gasteiger charge is -2.13. The van der Waals surface area contributed by atoms with Gasteiger partial charge in [0.1, 0.15) is 0 Å². The van der Waals surface area contributed by atoms with E-state index < -0.39 is 30.3 Å². The lowest BCUT2D eigenvalue weighted by atomic mass is 10.1. The molecule has 0 fully saturated rings. The molecule has 0 saturated carbocycles. The van der Waals surface area contributed by atoms with Crippen LogP contribution in [0.25, 0.3) is 0 Å². The maximum atomic E-state index is 12.8.